The fraction of sp³-hybridized carbons (Fsp3) is 0.357. The molecule has 220 valence electrons. The van der Waals surface area contributed by atoms with Gasteiger partial charge < -0.3 is 34.7 Å². The van der Waals surface area contributed by atoms with E-state index >= 15 is 0 Å². The van der Waals surface area contributed by atoms with Gasteiger partial charge in [-0.3, -0.25) is 24.0 Å². The SMILES string of the molecule is CCOC(=O)[C@H](Cc1ccc(OC(C)=O)c(OC(C)=O)c1)NC(=O)[C@@H](N)Cc1ccc(OC(C)=O)c(OC(C)=O)c1. The summed E-state index contributed by atoms with van der Waals surface area (Å²) in [6, 6.07) is 6.39. The molecule has 0 aromatic heterocycles. The number of amides is 1. The van der Waals surface area contributed by atoms with Gasteiger partial charge in [-0.15, -0.1) is 0 Å². The lowest BCUT2D eigenvalue weighted by molar-refractivity contribution is -0.147. The summed E-state index contributed by atoms with van der Waals surface area (Å²) in [6.07, 6.45) is -0.0940. The van der Waals surface area contributed by atoms with Gasteiger partial charge in [0.15, 0.2) is 23.0 Å². The van der Waals surface area contributed by atoms with Crippen molar-refractivity contribution in [3.63, 3.8) is 0 Å². The van der Waals surface area contributed by atoms with Gasteiger partial charge in [0.05, 0.1) is 12.6 Å². The molecule has 0 unspecified atom stereocenters. The first-order valence-electron chi connectivity index (χ1n) is 12.5. The summed E-state index contributed by atoms with van der Waals surface area (Å²) in [6.45, 7) is 6.39. The van der Waals surface area contributed by atoms with E-state index < -0.39 is 47.8 Å². The molecule has 0 aliphatic rings. The Morgan fingerprint density at radius 3 is 1.51 bits per heavy atom. The molecule has 2 rings (SSSR count). The third kappa shape index (κ3) is 10.7. The fourth-order valence-electron chi connectivity index (χ4n) is 3.60. The second kappa shape index (κ2) is 15.1. The van der Waals surface area contributed by atoms with E-state index in [0.717, 1.165) is 0 Å². The third-order valence-electron chi connectivity index (χ3n) is 5.15. The molecule has 0 saturated heterocycles. The monoisotopic (exact) mass is 572 g/mol. The predicted molar refractivity (Wildman–Crippen MR) is 142 cm³/mol. The highest BCUT2D eigenvalue weighted by atomic mass is 16.6. The summed E-state index contributed by atoms with van der Waals surface area (Å²) in [5.74, 6) is -4.01. The van der Waals surface area contributed by atoms with E-state index in [4.69, 9.17) is 29.4 Å². The summed E-state index contributed by atoms with van der Waals surface area (Å²) < 4.78 is 25.4. The van der Waals surface area contributed by atoms with E-state index in [1.807, 2.05) is 0 Å². The maximum Gasteiger partial charge on any atom is 0.328 e. The lowest BCUT2D eigenvalue weighted by atomic mass is 10.0. The number of hydrogen-bond donors (Lipinski definition) is 2. The van der Waals surface area contributed by atoms with E-state index in [-0.39, 0.29) is 42.4 Å². The molecule has 0 saturated carbocycles. The van der Waals surface area contributed by atoms with Crippen LogP contribution in [0.1, 0.15) is 45.7 Å². The smallest absolute Gasteiger partial charge is 0.328 e. The minimum atomic E-state index is -1.17. The van der Waals surface area contributed by atoms with Crippen molar-refractivity contribution >= 4 is 35.8 Å². The third-order valence-corrected chi connectivity index (χ3v) is 5.15. The zero-order chi connectivity index (χ0) is 30.7. The lowest BCUT2D eigenvalue weighted by Crippen LogP contribution is -2.50. The number of nitrogens with one attached hydrogen (secondary N) is 1. The highest BCUT2D eigenvalue weighted by molar-refractivity contribution is 5.88. The van der Waals surface area contributed by atoms with Gasteiger partial charge in [0, 0.05) is 34.1 Å². The number of rotatable bonds is 12. The summed E-state index contributed by atoms with van der Waals surface area (Å²) in [4.78, 5) is 71.4. The summed E-state index contributed by atoms with van der Waals surface area (Å²) >= 11 is 0. The molecule has 0 aliphatic heterocycles. The van der Waals surface area contributed by atoms with Crippen LogP contribution in [0.4, 0.5) is 0 Å². The number of hydrogen-bond acceptors (Lipinski definition) is 12. The maximum atomic E-state index is 13.0. The van der Waals surface area contributed by atoms with Crippen LogP contribution in [0.15, 0.2) is 36.4 Å². The molecule has 0 bridgehead atoms. The van der Waals surface area contributed by atoms with Crippen molar-refractivity contribution in [2.24, 2.45) is 5.73 Å². The van der Waals surface area contributed by atoms with Crippen molar-refractivity contribution in [2.45, 2.75) is 59.5 Å². The van der Waals surface area contributed by atoms with Crippen LogP contribution < -0.4 is 30.0 Å². The number of esters is 5. The van der Waals surface area contributed by atoms with Crippen molar-refractivity contribution in [3.8, 4) is 23.0 Å². The molecular weight excluding hydrogens is 540 g/mol. The van der Waals surface area contributed by atoms with E-state index in [0.29, 0.717) is 11.1 Å². The average Bonchev–Trinajstić information content (AvgIpc) is 2.85. The standard InChI is InChI=1S/C28H32N2O11/c1-6-37-28(36)22(12-20-8-10-24(39-16(3)32)26(14-20)41-18(5)34)30-27(35)21(29)11-19-7-9-23(38-15(2)31)25(13-19)40-17(4)33/h7-10,13-14,21-22H,6,11-12,29H2,1-5H3,(H,30,35)/t21-,22-/m0/s1. The number of carbonyl (C=O) groups is 6. The van der Waals surface area contributed by atoms with Crippen LogP contribution in [0.5, 0.6) is 23.0 Å². The Morgan fingerprint density at radius 1 is 0.683 bits per heavy atom. The Labute approximate surface area is 236 Å². The Balaban J connectivity index is 2.24. The molecule has 3 N–H and O–H groups in total. The maximum absolute atomic E-state index is 13.0. The van der Waals surface area contributed by atoms with Crippen molar-refractivity contribution < 1.29 is 52.5 Å². The Bertz CT molecular complexity index is 1320. The largest absolute Gasteiger partial charge is 0.464 e. The van der Waals surface area contributed by atoms with Gasteiger partial charge in [-0.1, -0.05) is 12.1 Å². The minimum Gasteiger partial charge on any atom is -0.464 e. The lowest BCUT2D eigenvalue weighted by Gasteiger charge is -2.21. The number of nitrogens with two attached hydrogens (primary N) is 1. The molecule has 41 heavy (non-hydrogen) atoms. The predicted octanol–water partition coefficient (Wildman–Crippen LogP) is 1.55. The fourth-order valence-corrected chi connectivity index (χ4v) is 3.60. The molecule has 2 aromatic rings. The summed E-state index contributed by atoms with van der Waals surface area (Å²) in [7, 11) is 0. The zero-order valence-corrected chi connectivity index (χ0v) is 23.3. The van der Waals surface area contributed by atoms with E-state index in [9.17, 15) is 28.8 Å². The number of carbonyl (C=O) groups excluding carboxylic acids is 6. The van der Waals surface area contributed by atoms with Gasteiger partial charge in [-0.2, -0.15) is 0 Å². The van der Waals surface area contributed by atoms with Crippen molar-refractivity contribution in [1.29, 1.82) is 0 Å². The van der Waals surface area contributed by atoms with Gasteiger partial charge >= 0.3 is 29.8 Å². The topological polar surface area (TPSA) is 187 Å². The second-order valence-electron chi connectivity index (χ2n) is 8.76. The molecule has 13 heteroatoms. The van der Waals surface area contributed by atoms with Gasteiger partial charge in [-0.25, -0.2) is 4.79 Å². The van der Waals surface area contributed by atoms with Crippen molar-refractivity contribution in [1.82, 2.24) is 5.32 Å². The van der Waals surface area contributed by atoms with E-state index in [1.54, 1.807) is 13.0 Å². The highest BCUT2D eigenvalue weighted by Crippen LogP contribution is 2.30. The summed E-state index contributed by atoms with van der Waals surface area (Å²) in [5, 5.41) is 2.58. The van der Waals surface area contributed by atoms with Gasteiger partial charge in [0.2, 0.25) is 5.91 Å². The van der Waals surface area contributed by atoms with Gasteiger partial charge in [0.1, 0.15) is 6.04 Å². The van der Waals surface area contributed by atoms with Gasteiger partial charge in [-0.05, 0) is 48.7 Å². The van der Waals surface area contributed by atoms with Crippen LogP contribution in [0.3, 0.4) is 0 Å². The van der Waals surface area contributed by atoms with Crippen molar-refractivity contribution in [2.75, 3.05) is 6.61 Å². The highest BCUT2D eigenvalue weighted by Gasteiger charge is 2.26. The van der Waals surface area contributed by atoms with Crippen LogP contribution >= 0.6 is 0 Å². The molecule has 0 radical (unpaired) electrons. The van der Waals surface area contributed by atoms with Crippen LogP contribution in [0.25, 0.3) is 0 Å². The Hall–Kier alpha value is -4.78. The first kappa shape index (κ1) is 32.4. The molecule has 0 heterocycles. The van der Waals surface area contributed by atoms with E-state index in [2.05, 4.69) is 5.32 Å². The number of ether oxygens (including phenoxy) is 5. The molecule has 0 aliphatic carbocycles. The average molecular weight is 573 g/mol. The molecule has 0 spiro atoms. The molecule has 2 aromatic carbocycles. The van der Waals surface area contributed by atoms with Crippen LogP contribution in [0, 0.1) is 0 Å². The Morgan fingerprint density at radius 2 is 1.10 bits per heavy atom. The molecular formula is C28H32N2O11. The Kier molecular flexibility index (Phi) is 12.0. The number of benzene rings is 2. The van der Waals surface area contributed by atoms with E-state index in [1.165, 1.54) is 58.0 Å². The molecule has 0 fully saturated rings. The molecule has 1 amide bonds. The normalized spacial score (nSPS) is 11.9. The minimum absolute atomic E-state index is 0.00281. The second-order valence-corrected chi connectivity index (χ2v) is 8.76. The summed E-state index contributed by atoms with van der Waals surface area (Å²) in [5.41, 5.74) is 7.06. The molecule has 2 atom stereocenters. The van der Waals surface area contributed by atoms with Crippen LogP contribution in [-0.2, 0) is 46.3 Å². The first-order valence-corrected chi connectivity index (χ1v) is 12.5. The van der Waals surface area contributed by atoms with Gasteiger partial charge in [0.25, 0.3) is 0 Å². The van der Waals surface area contributed by atoms with Crippen LogP contribution in [-0.4, -0.2) is 54.4 Å². The van der Waals surface area contributed by atoms with Crippen molar-refractivity contribution in [3.05, 3.63) is 47.5 Å². The van der Waals surface area contributed by atoms with Crippen LogP contribution in [0.2, 0.25) is 0 Å². The zero-order valence-electron chi connectivity index (χ0n) is 23.3. The first-order chi connectivity index (χ1) is 19.3. The molecule has 13 nitrogen and oxygen atoms in total. The quantitative estimate of drug-likeness (QED) is 0.276.